The van der Waals surface area contributed by atoms with E-state index in [0.29, 0.717) is 6.42 Å². The van der Waals surface area contributed by atoms with Crippen LogP contribution in [0.4, 0.5) is 9.09 Å². The van der Waals surface area contributed by atoms with Crippen LogP contribution in [0.5, 0.6) is 0 Å². The lowest BCUT2D eigenvalue weighted by Crippen LogP contribution is -2.27. The third kappa shape index (κ3) is 59.9. The molecule has 1 atom stereocenters. The maximum Gasteiger partial charge on any atom is 0.311 e. The summed E-state index contributed by atoms with van der Waals surface area (Å²) in [5.41, 5.74) is -0.824. The second-order valence-electron chi connectivity index (χ2n) is 6.91. The molecule has 0 radical (unpaired) electrons. The number of hydrogen-bond acceptors (Lipinski definition) is 4. The highest BCUT2D eigenvalue weighted by Crippen LogP contribution is 2.21. The molecule has 0 spiro atoms. The van der Waals surface area contributed by atoms with E-state index in [1.54, 1.807) is 13.8 Å². The predicted octanol–water partition coefficient (Wildman–Crippen LogP) is 12.1. The Morgan fingerprint density at radius 3 is 1.26 bits per heavy atom. The zero-order chi connectivity index (χ0) is 18.0. The van der Waals surface area contributed by atoms with Gasteiger partial charge in [0.15, 0.2) is 0 Å². The maximum atomic E-state index is 11.6. The van der Waals surface area contributed by atoms with Gasteiger partial charge in [-0.05, 0) is 47.5 Å². The normalized spacial score (nSPS) is 8.03. The number of halogens is 2. The van der Waals surface area contributed by atoms with Crippen molar-refractivity contribution >= 4 is 11.9 Å². The number of rotatable bonds is 6. The molecule has 6 heteroatoms. The first-order chi connectivity index (χ1) is 9.91. The molecule has 0 aliphatic rings. The highest BCUT2D eigenvalue weighted by molar-refractivity contribution is 5.75. The van der Waals surface area contributed by atoms with Crippen LogP contribution in [0.25, 0.3) is 0 Å². The summed E-state index contributed by atoms with van der Waals surface area (Å²) in [6, 6.07) is 0. The molecule has 0 N–H and O–H groups in total. The first-order valence-electron chi connectivity index (χ1n) is 7.87. The molecule has 4 nitrogen and oxygen atoms in total. The monoisotopic (exact) mass is 533 g/mol. The number of hydrogen-bond donors (Lipinski definition) is 0. The smallest absolute Gasteiger partial charge is 0.311 e. The number of carbonyl (C=O) groups is 2. The first-order valence-corrected chi connectivity index (χ1v) is 7.87. The van der Waals surface area contributed by atoms with Crippen LogP contribution in [0.15, 0.2) is 0 Å². The molecule has 0 aromatic rings. The Morgan fingerprint density at radius 1 is 0.743 bits per heavy atom. The molecule has 0 aromatic heterocycles. The van der Waals surface area contributed by atoms with Crippen molar-refractivity contribution in [3.05, 3.63) is 0 Å². The Bertz CT molecular complexity index is 340. The lowest BCUT2D eigenvalue weighted by Gasteiger charge is -2.21. The number of ether oxygens (including phenoxy) is 2. The second kappa shape index (κ2) is 49.8. The molecule has 0 saturated carbocycles. The van der Waals surface area contributed by atoms with Gasteiger partial charge in [-0.25, -0.2) is 4.39 Å². The standard InChI is InChI=1S/C9H18O2.C8H15FO2.12CH4.FH/c1-6-7(2)8(10)11-9(3,4)5;1-4-8(2,3)7(10)11-6-5-9;;;;;;;;;;;;;/h7H,6H2,1-5H3;4-6H2,1-3H3;12*1H4;1H. The molecule has 0 heterocycles. The molecule has 0 aliphatic heterocycles. The topological polar surface area (TPSA) is 52.6 Å². The minimum absolute atomic E-state index is 0. The average Bonchev–Trinajstić information content (AvgIpc) is 2.42. The highest BCUT2D eigenvalue weighted by atomic mass is 19.1. The highest BCUT2D eigenvalue weighted by Gasteiger charge is 2.26. The van der Waals surface area contributed by atoms with Crippen LogP contribution in [0.1, 0.15) is 157 Å². The van der Waals surface area contributed by atoms with Gasteiger partial charge in [-0.3, -0.25) is 14.3 Å². The quantitative estimate of drug-likeness (QED) is 0.319. The van der Waals surface area contributed by atoms with Gasteiger partial charge in [0.1, 0.15) is 18.9 Å². The van der Waals surface area contributed by atoms with E-state index in [2.05, 4.69) is 4.74 Å². The minimum Gasteiger partial charge on any atom is -0.462 e. The van der Waals surface area contributed by atoms with Gasteiger partial charge in [-0.15, -0.1) is 0 Å². The fourth-order valence-electron chi connectivity index (χ4n) is 1.04. The molecule has 236 valence electrons. The van der Waals surface area contributed by atoms with Crippen LogP contribution >= 0.6 is 0 Å². The van der Waals surface area contributed by atoms with Crippen molar-refractivity contribution in [3.63, 3.8) is 0 Å². The summed E-state index contributed by atoms with van der Waals surface area (Å²) in [4.78, 5) is 22.2. The summed E-state index contributed by atoms with van der Waals surface area (Å²) < 4.78 is 21.4. The van der Waals surface area contributed by atoms with Gasteiger partial charge in [-0.1, -0.05) is 110 Å². The van der Waals surface area contributed by atoms with E-state index in [1.807, 2.05) is 41.5 Å². The number of carbonyl (C=O) groups excluding carboxylic acids is 2. The summed E-state index contributed by atoms with van der Waals surface area (Å²) >= 11 is 0. The van der Waals surface area contributed by atoms with Gasteiger partial charge in [0, 0.05) is 0 Å². The van der Waals surface area contributed by atoms with E-state index in [9.17, 15) is 14.0 Å². The zero-order valence-electron chi connectivity index (χ0n) is 15.8. The number of alkyl halides is 1. The van der Waals surface area contributed by atoms with E-state index in [0.717, 1.165) is 6.42 Å². The zero-order valence-corrected chi connectivity index (χ0v) is 15.8. The van der Waals surface area contributed by atoms with Gasteiger partial charge in [0.05, 0.1) is 11.3 Å². The fourth-order valence-corrected chi connectivity index (χ4v) is 1.04. The van der Waals surface area contributed by atoms with Crippen LogP contribution in [0, 0.1) is 11.3 Å². The van der Waals surface area contributed by atoms with Gasteiger partial charge >= 0.3 is 11.9 Å². The molecule has 1 unspecified atom stereocenters. The Balaban J connectivity index is -0.0000000128. The average molecular weight is 533 g/mol. The predicted molar refractivity (Wildman–Crippen MR) is 170 cm³/mol. The molecule has 35 heavy (non-hydrogen) atoms. The Kier molecular flexibility index (Phi) is 146. The molecule has 0 rings (SSSR count). The minimum atomic E-state index is -0.606. The van der Waals surface area contributed by atoms with Crippen LogP contribution in [-0.4, -0.2) is 30.8 Å². The summed E-state index contributed by atoms with van der Waals surface area (Å²) in [7, 11) is 0. The molecule has 0 bridgehead atoms. The lowest BCUT2D eigenvalue weighted by molar-refractivity contribution is -0.159. The molecule has 0 amide bonds. The molecular weight excluding hydrogens is 450 g/mol. The maximum absolute atomic E-state index is 11.6. The SMILES string of the molecule is C.C.C.C.C.C.C.C.C.C.C.C.CCC(C)(C)C(=O)OCCF.CCC(C)C(=O)OC(C)(C)C.F. The van der Waals surface area contributed by atoms with E-state index in [4.69, 9.17) is 4.74 Å². The van der Waals surface area contributed by atoms with E-state index in [1.165, 1.54) is 0 Å². The van der Waals surface area contributed by atoms with Gasteiger partial charge in [0.2, 0.25) is 0 Å². The molecule has 0 aliphatic carbocycles. The van der Waals surface area contributed by atoms with Crippen molar-refractivity contribution in [2.24, 2.45) is 11.3 Å². The summed E-state index contributed by atoms with van der Waals surface area (Å²) in [5, 5.41) is 0. The Labute approximate surface area is 227 Å². The molecule has 0 saturated heterocycles. The third-order valence-corrected chi connectivity index (χ3v) is 3.17. The van der Waals surface area contributed by atoms with Gasteiger partial charge in [0.25, 0.3) is 0 Å². The van der Waals surface area contributed by atoms with Crippen molar-refractivity contribution in [1.29, 1.82) is 0 Å². The summed E-state index contributed by atoms with van der Waals surface area (Å²) in [5.74, 6) is -0.396. The second-order valence-corrected chi connectivity index (χ2v) is 6.91. The number of esters is 2. The molecule has 0 aromatic carbocycles. The van der Waals surface area contributed by atoms with E-state index < -0.39 is 12.1 Å². The van der Waals surface area contributed by atoms with Gasteiger partial charge < -0.3 is 9.47 Å². The van der Waals surface area contributed by atoms with Crippen molar-refractivity contribution in [1.82, 2.24) is 0 Å². The van der Waals surface area contributed by atoms with Crippen molar-refractivity contribution in [2.45, 2.75) is 163 Å². The van der Waals surface area contributed by atoms with E-state index >= 15 is 0 Å². The van der Waals surface area contributed by atoms with Crippen molar-refractivity contribution < 1.29 is 28.2 Å². The Morgan fingerprint density at radius 2 is 1.06 bits per heavy atom. The largest absolute Gasteiger partial charge is 0.462 e. The van der Waals surface area contributed by atoms with E-state index in [-0.39, 0.29) is 124 Å². The van der Waals surface area contributed by atoms with Crippen LogP contribution in [-0.2, 0) is 19.1 Å². The molecular formula is C29H82F2O4. The third-order valence-electron chi connectivity index (χ3n) is 3.17. The first kappa shape index (κ1) is 103. The fraction of sp³-hybridized carbons (Fsp3) is 0.931. The van der Waals surface area contributed by atoms with Gasteiger partial charge in [-0.2, -0.15) is 0 Å². The molecule has 0 fully saturated rings. The van der Waals surface area contributed by atoms with Crippen LogP contribution < -0.4 is 0 Å². The van der Waals surface area contributed by atoms with Crippen LogP contribution in [0.3, 0.4) is 0 Å². The Hall–Kier alpha value is -1.20. The summed E-state index contributed by atoms with van der Waals surface area (Å²) in [6.07, 6.45) is 1.55. The summed E-state index contributed by atoms with van der Waals surface area (Å²) in [6.45, 7) is 14.3. The van der Waals surface area contributed by atoms with Crippen molar-refractivity contribution in [2.75, 3.05) is 13.3 Å². The van der Waals surface area contributed by atoms with Crippen LogP contribution in [0.2, 0.25) is 0 Å². The van der Waals surface area contributed by atoms with Crippen molar-refractivity contribution in [3.8, 4) is 0 Å². The lowest BCUT2D eigenvalue weighted by atomic mass is 9.91.